The number of anilines is 2. The van der Waals surface area contributed by atoms with Crippen LogP contribution in [0.4, 0.5) is 11.5 Å². The van der Waals surface area contributed by atoms with Crippen LogP contribution in [0, 0.1) is 0 Å². The second kappa shape index (κ2) is 7.53. The van der Waals surface area contributed by atoms with E-state index in [0.717, 1.165) is 42.5 Å². The summed E-state index contributed by atoms with van der Waals surface area (Å²) in [6, 6.07) is 14.1. The number of para-hydroxylation sites is 2. The van der Waals surface area contributed by atoms with E-state index in [4.69, 9.17) is 4.74 Å². The molecule has 0 amide bonds. The largest absolute Gasteiger partial charge is 0.495 e. The van der Waals surface area contributed by atoms with E-state index in [1.807, 2.05) is 43.4 Å². The van der Waals surface area contributed by atoms with Gasteiger partial charge < -0.3 is 15.0 Å². The van der Waals surface area contributed by atoms with Crippen molar-refractivity contribution in [3.05, 3.63) is 48.2 Å². The van der Waals surface area contributed by atoms with E-state index in [1.54, 1.807) is 7.11 Å². The molecule has 0 fully saturated rings. The van der Waals surface area contributed by atoms with Crippen LogP contribution in [0.5, 0.6) is 5.75 Å². The summed E-state index contributed by atoms with van der Waals surface area (Å²) in [5, 5.41) is 3.32. The Balaban J connectivity index is 2.10. The van der Waals surface area contributed by atoms with E-state index in [9.17, 15) is 0 Å². The Labute approximate surface area is 126 Å². The van der Waals surface area contributed by atoms with Crippen molar-refractivity contribution < 1.29 is 4.74 Å². The van der Waals surface area contributed by atoms with E-state index in [-0.39, 0.29) is 0 Å². The van der Waals surface area contributed by atoms with Crippen molar-refractivity contribution in [3.63, 3.8) is 0 Å². The third kappa shape index (κ3) is 4.12. The quantitative estimate of drug-likeness (QED) is 0.844. The number of hydrogen-bond donors (Lipinski definition) is 1. The molecule has 2 rings (SSSR count). The smallest absolute Gasteiger partial charge is 0.142 e. The van der Waals surface area contributed by atoms with Gasteiger partial charge in [-0.15, -0.1) is 0 Å². The topological polar surface area (TPSA) is 37.4 Å². The minimum absolute atomic E-state index is 0.738. The van der Waals surface area contributed by atoms with Gasteiger partial charge in [0.25, 0.3) is 0 Å². The van der Waals surface area contributed by atoms with Crippen molar-refractivity contribution in [3.8, 4) is 5.75 Å². The summed E-state index contributed by atoms with van der Waals surface area (Å²) in [6.45, 7) is 3.83. The Morgan fingerprint density at radius 2 is 1.95 bits per heavy atom. The van der Waals surface area contributed by atoms with Crippen LogP contribution in [-0.4, -0.2) is 25.7 Å². The first-order valence-electron chi connectivity index (χ1n) is 7.28. The molecular weight excluding hydrogens is 262 g/mol. The van der Waals surface area contributed by atoms with Gasteiger partial charge in [-0.3, -0.25) is 0 Å². The minimum atomic E-state index is 0.738. The third-order valence-corrected chi connectivity index (χ3v) is 3.26. The molecule has 2 aromatic rings. The van der Waals surface area contributed by atoms with Gasteiger partial charge in [-0.25, -0.2) is 4.98 Å². The van der Waals surface area contributed by atoms with Gasteiger partial charge >= 0.3 is 0 Å². The van der Waals surface area contributed by atoms with Crippen molar-refractivity contribution >= 4 is 11.5 Å². The van der Waals surface area contributed by atoms with Gasteiger partial charge in [-0.05, 0) is 30.7 Å². The molecule has 0 bridgehead atoms. The SMILES string of the molecule is CCCNc1cccc(CN(C)c2ccccc2OC)n1. The molecule has 0 saturated heterocycles. The first kappa shape index (κ1) is 15.2. The highest BCUT2D eigenvalue weighted by Gasteiger charge is 2.08. The maximum atomic E-state index is 5.41. The molecule has 0 atom stereocenters. The summed E-state index contributed by atoms with van der Waals surface area (Å²) < 4.78 is 5.41. The zero-order valence-electron chi connectivity index (χ0n) is 13.0. The second-order valence-electron chi connectivity index (χ2n) is 4.97. The monoisotopic (exact) mass is 285 g/mol. The summed E-state index contributed by atoms with van der Waals surface area (Å²) in [4.78, 5) is 6.78. The van der Waals surface area contributed by atoms with Crippen LogP contribution in [-0.2, 0) is 6.54 Å². The van der Waals surface area contributed by atoms with Gasteiger partial charge in [-0.1, -0.05) is 25.1 Å². The maximum absolute atomic E-state index is 5.41. The van der Waals surface area contributed by atoms with E-state index >= 15 is 0 Å². The van der Waals surface area contributed by atoms with Crippen LogP contribution < -0.4 is 15.0 Å². The van der Waals surface area contributed by atoms with Crippen molar-refractivity contribution in [1.29, 1.82) is 0 Å². The van der Waals surface area contributed by atoms with Crippen molar-refractivity contribution in [1.82, 2.24) is 4.98 Å². The lowest BCUT2D eigenvalue weighted by molar-refractivity contribution is 0.414. The average Bonchev–Trinajstić information content (AvgIpc) is 2.53. The number of rotatable bonds is 7. The number of benzene rings is 1. The summed E-state index contributed by atoms with van der Waals surface area (Å²) in [5.74, 6) is 1.81. The minimum Gasteiger partial charge on any atom is -0.495 e. The highest BCUT2D eigenvalue weighted by Crippen LogP contribution is 2.27. The summed E-state index contributed by atoms with van der Waals surface area (Å²) >= 11 is 0. The van der Waals surface area contributed by atoms with Crippen molar-refractivity contribution in [2.45, 2.75) is 19.9 Å². The molecule has 0 aliphatic heterocycles. The van der Waals surface area contributed by atoms with Gasteiger partial charge in [0.1, 0.15) is 11.6 Å². The number of aromatic nitrogens is 1. The molecule has 0 aliphatic rings. The van der Waals surface area contributed by atoms with Crippen molar-refractivity contribution in [2.75, 3.05) is 30.9 Å². The van der Waals surface area contributed by atoms with E-state index in [1.165, 1.54) is 0 Å². The van der Waals surface area contributed by atoms with Gasteiger partial charge in [0.15, 0.2) is 0 Å². The molecule has 0 radical (unpaired) electrons. The van der Waals surface area contributed by atoms with E-state index < -0.39 is 0 Å². The molecule has 1 heterocycles. The zero-order chi connectivity index (χ0) is 15.1. The molecule has 4 heteroatoms. The predicted octanol–water partition coefficient (Wildman–Crippen LogP) is 3.55. The Bertz CT molecular complexity index is 571. The van der Waals surface area contributed by atoms with Gasteiger partial charge in [0.05, 0.1) is 25.0 Å². The fourth-order valence-electron chi connectivity index (χ4n) is 2.19. The Morgan fingerprint density at radius 1 is 1.14 bits per heavy atom. The molecule has 1 aromatic carbocycles. The fraction of sp³-hybridized carbons (Fsp3) is 0.353. The normalized spacial score (nSPS) is 10.2. The molecular formula is C17H23N3O. The molecule has 1 aromatic heterocycles. The molecule has 112 valence electrons. The zero-order valence-corrected chi connectivity index (χ0v) is 13.0. The van der Waals surface area contributed by atoms with Crippen LogP contribution >= 0.6 is 0 Å². The third-order valence-electron chi connectivity index (χ3n) is 3.26. The number of ether oxygens (including phenoxy) is 1. The average molecular weight is 285 g/mol. The van der Waals surface area contributed by atoms with Crippen LogP contribution in [0.15, 0.2) is 42.5 Å². The van der Waals surface area contributed by atoms with Crippen molar-refractivity contribution in [2.24, 2.45) is 0 Å². The molecule has 0 spiro atoms. The van der Waals surface area contributed by atoms with Gasteiger partial charge in [0, 0.05) is 13.6 Å². The first-order chi connectivity index (χ1) is 10.2. The summed E-state index contributed by atoms with van der Waals surface area (Å²) in [7, 11) is 3.74. The number of methoxy groups -OCH3 is 1. The Hall–Kier alpha value is -2.23. The van der Waals surface area contributed by atoms with E-state index in [0.29, 0.717) is 0 Å². The van der Waals surface area contributed by atoms with Crippen LogP contribution in [0.1, 0.15) is 19.0 Å². The molecule has 4 nitrogen and oxygen atoms in total. The predicted molar refractivity (Wildman–Crippen MR) is 88.1 cm³/mol. The molecule has 0 unspecified atom stereocenters. The standard InChI is InChI=1S/C17H23N3O/c1-4-12-18-17-11-7-8-14(19-17)13-20(2)15-9-5-6-10-16(15)21-3/h5-11H,4,12-13H2,1-3H3,(H,18,19). The lowest BCUT2D eigenvalue weighted by Crippen LogP contribution is -2.18. The number of nitrogens with one attached hydrogen (secondary N) is 1. The van der Waals surface area contributed by atoms with Crippen LogP contribution in [0.25, 0.3) is 0 Å². The Morgan fingerprint density at radius 3 is 2.71 bits per heavy atom. The van der Waals surface area contributed by atoms with Gasteiger partial charge in [0.2, 0.25) is 0 Å². The van der Waals surface area contributed by atoms with E-state index in [2.05, 4.69) is 28.2 Å². The molecule has 21 heavy (non-hydrogen) atoms. The van der Waals surface area contributed by atoms with Crippen LogP contribution in [0.2, 0.25) is 0 Å². The number of pyridine rings is 1. The number of nitrogens with zero attached hydrogens (tertiary/aromatic N) is 2. The summed E-state index contributed by atoms with van der Waals surface area (Å²) in [6.07, 6.45) is 1.09. The number of hydrogen-bond acceptors (Lipinski definition) is 4. The first-order valence-corrected chi connectivity index (χ1v) is 7.28. The molecule has 1 N–H and O–H groups in total. The maximum Gasteiger partial charge on any atom is 0.142 e. The highest BCUT2D eigenvalue weighted by atomic mass is 16.5. The lowest BCUT2D eigenvalue weighted by atomic mass is 10.2. The molecule has 0 aliphatic carbocycles. The second-order valence-corrected chi connectivity index (χ2v) is 4.97. The molecule has 0 saturated carbocycles. The summed E-state index contributed by atoms with van der Waals surface area (Å²) in [5.41, 5.74) is 2.10. The van der Waals surface area contributed by atoms with Gasteiger partial charge in [-0.2, -0.15) is 0 Å². The Kier molecular flexibility index (Phi) is 5.43. The fourth-order valence-corrected chi connectivity index (χ4v) is 2.19. The highest BCUT2D eigenvalue weighted by molar-refractivity contribution is 5.58. The lowest BCUT2D eigenvalue weighted by Gasteiger charge is -2.21. The van der Waals surface area contributed by atoms with Crippen LogP contribution in [0.3, 0.4) is 0 Å².